The molecule has 0 aliphatic heterocycles. The Morgan fingerprint density at radius 3 is 2.38 bits per heavy atom. The summed E-state index contributed by atoms with van der Waals surface area (Å²) < 4.78 is 19.5. The Labute approximate surface area is 136 Å². The second-order valence-corrected chi connectivity index (χ2v) is 6.16. The van der Waals surface area contributed by atoms with Gasteiger partial charge in [0.05, 0.1) is 5.69 Å². The minimum absolute atomic E-state index is 0.268. The second kappa shape index (κ2) is 6.43. The van der Waals surface area contributed by atoms with Gasteiger partial charge in [-0.3, -0.25) is 4.79 Å². The zero-order valence-electron chi connectivity index (χ0n) is 11.7. The number of halogens is 2. The normalized spacial score (nSPS) is 11.0. The van der Waals surface area contributed by atoms with Gasteiger partial charge in [-0.25, -0.2) is 4.39 Å². The average Bonchev–Trinajstić information content (AvgIpc) is 2.43. The van der Waals surface area contributed by atoms with Gasteiger partial charge in [0.15, 0.2) is 5.60 Å². The summed E-state index contributed by atoms with van der Waals surface area (Å²) in [6, 6.07) is 13.1. The van der Waals surface area contributed by atoms with E-state index in [0.717, 1.165) is 9.26 Å². The van der Waals surface area contributed by atoms with Crippen LogP contribution in [0.1, 0.15) is 13.8 Å². The molecule has 3 nitrogen and oxygen atoms in total. The van der Waals surface area contributed by atoms with Gasteiger partial charge in [-0.05, 0) is 72.8 Å². The highest BCUT2D eigenvalue weighted by atomic mass is 127. The molecule has 0 spiro atoms. The second-order valence-electron chi connectivity index (χ2n) is 5.00. The topological polar surface area (TPSA) is 38.3 Å². The first kappa shape index (κ1) is 15.8. The molecule has 21 heavy (non-hydrogen) atoms. The van der Waals surface area contributed by atoms with E-state index in [9.17, 15) is 9.18 Å². The fraction of sp³-hybridized carbons (Fsp3) is 0.188. The quantitative estimate of drug-likeness (QED) is 0.782. The minimum atomic E-state index is -1.07. The molecule has 2 aromatic carbocycles. The molecular formula is C16H15FINO2. The summed E-state index contributed by atoms with van der Waals surface area (Å²) in [4.78, 5) is 12.3. The standard InChI is InChI=1S/C16H15FINO2/c1-16(2,21-12-9-7-11(17)8-10-12)15(20)19-14-6-4-3-5-13(14)18/h3-10H,1-2H3,(H,19,20). The summed E-state index contributed by atoms with van der Waals surface area (Å²) in [6.07, 6.45) is 0. The van der Waals surface area contributed by atoms with Crippen LogP contribution in [0.15, 0.2) is 48.5 Å². The first-order valence-corrected chi connectivity index (χ1v) is 7.47. The zero-order chi connectivity index (χ0) is 15.5. The lowest BCUT2D eigenvalue weighted by Crippen LogP contribution is -2.42. The highest BCUT2D eigenvalue weighted by Gasteiger charge is 2.30. The number of anilines is 1. The van der Waals surface area contributed by atoms with Crippen molar-refractivity contribution in [1.82, 2.24) is 0 Å². The van der Waals surface area contributed by atoms with Crippen LogP contribution in [0.25, 0.3) is 0 Å². The first-order valence-electron chi connectivity index (χ1n) is 6.39. The van der Waals surface area contributed by atoms with Gasteiger partial charge in [0, 0.05) is 3.57 Å². The number of amides is 1. The lowest BCUT2D eigenvalue weighted by molar-refractivity contribution is -0.128. The molecule has 0 aliphatic carbocycles. The number of benzene rings is 2. The Balaban J connectivity index is 2.10. The van der Waals surface area contributed by atoms with E-state index in [1.807, 2.05) is 24.3 Å². The molecule has 1 N–H and O–H groups in total. The van der Waals surface area contributed by atoms with Crippen LogP contribution >= 0.6 is 22.6 Å². The van der Waals surface area contributed by atoms with Crippen LogP contribution in [0, 0.1) is 9.39 Å². The van der Waals surface area contributed by atoms with Gasteiger partial charge in [0.2, 0.25) is 0 Å². The maximum atomic E-state index is 12.9. The minimum Gasteiger partial charge on any atom is -0.478 e. The van der Waals surface area contributed by atoms with Crippen molar-refractivity contribution in [2.24, 2.45) is 0 Å². The van der Waals surface area contributed by atoms with Crippen molar-refractivity contribution in [3.63, 3.8) is 0 Å². The van der Waals surface area contributed by atoms with E-state index in [2.05, 4.69) is 27.9 Å². The lowest BCUT2D eigenvalue weighted by atomic mass is 10.1. The molecule has 0 unspecified atom stereocenters. The summed E-state index contributed by atoms with van der Waals surface area (Å²) in [5, 5.41) is 2.84. The molecule has 0 aliphatic rings. The maximum Gasteiger partial charge on any atom is 0.268 e. The SMILES string of the molecule is CC(C)(Oc1ccc(F)cc1)C(=O)Nc1ccccc1I. The van der Waals surface area contributed by atoms with E-state index in [0.29, 0.717) is 5.75 Å². The zero-order valence-corrected chi connectivity index (χ0v) is 13.8. The number of hydrogen-bond donors (Lipinski definition) is 1. The van der Waals surface area contributed by atoms with E-state index in [1.54, 1.807) is 13.8 Å². The highest BCUT2D eigenvalue weighted by Crippen LogP contribution is 2.22. The summed E-state index contributed by atoms with van der Waals surface area (Å²) in [6.45, 7) is 3.34. The fourth-order valence-corrected chi connectivity index (χ4v) is 2.20. The predicted molar refractivity (Wildman–Crippen MR) is 88.9 cm³/mol. The van der Waals surface area contributed by atoms with Gasteiger partial charge in [0.1, 0.15) is 11.6 Å². The summed E-state index contributed by atoms with van der Waals surface area (Å²) in [7, 11) is 0. The van der Waals surface area contributed by atoms with E-state index >= 15 is 0 Å². The van der Waals surface area contributed by atoms with Gasteiger partial charge in [-0.2, -0.15) is 0 Å². The van der Waals surface area contributed by atoms with Crippen molar-refractivity contribution >= 4 is 34.2 Å². The van der Waals surface area contributed by atoms with Crippen LogP contribution < -0.4 is 10.1 Å². The molecule has 0 saturated heterocycles. The van der Waals surface area contributed by atoms with Crippen LogP contribution in [0.3, 0.4) is 0 Å². The van der Waals surface area contributed by atoms with Crippen LogP contribution in [0.5, 0.6) is 5.75 Å². The first-order chi connectivity index (χ1) is 9.88. The van der Waals surface area contributed by atoms with Gasteiger partial charge < -0.3 is 10.1 Å². The summed E-state index contributed by atoms with van der Waals surface area (Å²) in [5.41, 5.74) is -0.338. The molecule has 2 rings (SSSR count). The van der Waals surface area contributed by atoms with Crippen molar-refractivity contribution in [2.45, 2.75) is 19.4 Å². The van der Waals surface area contributed by atoms with E-state index in [1.165, 1.54) is 24.3 Å². The molecule has 5 heteroatoms. The van der Waals surface area contributed by atoms with Crippen molar-refractivity contribution in [2.75, 3.05) is 5.32 Å². The van der Waals surface area contributed by atoms with Crippen molar-refractivity contribution in [3.8, 4) is 5.75 Å². The van der Waals surface area contributed by atoms with Crippen molar-refractivity contribution in [3.05, 3.63) is 57.9 Å². The third-order valence-corrected chi connectivity index (χ3v) is 3.80. The molecule has 0 saturated carbocycles. The van der Waals surface area contributed by atoms with Gasteiger partial charge in [-0.15, -0.1) is 0 Å². The Hall–Kier alpha value is -1.63. The van der Waals surface area contributed by atoms with Gasteiger partial charge >= 0.3 is 0 Å². The molecule has 0 atom stereocenters. The molecule has 0 fully saturated rings. The van der Waals surface area contributed by atoms with Crippen molar-refractivity contribution in [1.29, 1.82) is 0 Å². The van der Waals surface area contributed by atoms with E-state index in [4.69, 9.17) is 4.74 Å². The molecule has 0 heterocycles. The van der Waals surface area contributed by atoms with Gasteiger partial charge in [-0.1, -0.05) is 12.1 Å². The number of rotatable bonds is 4. The largest absolute Gasteiger partial charge is 0.478 e. The molecule has 2 aromatic rings. The fourth-order valence-electron chi connectivity index (χ4n) is 1.68. The monoisotopic (exact) mass is 399 g/mol. The Morgan fingerprint density at radius 1 is 1.14 bits per heavy atom. The van der Waals surface area contributed by atoms with Crippen LogP contribution in [0.4, 0.5) is 10.1 Å². The van der Waals surface area contributed by atoms with Crippen LogP contribution in [-0.2, 0) is 4.79 Å². The predicted octanol–water partition coefficient (Wildman–Crippen LogP) is 4.23. The molecule has 1 amide bonds. The maximum absolute atomic E-state index is 12.9. The Bertz CT molecular complexity index is 641. The Morgan fingerprint density at radius 2 is 1.76 bits per heavy atom. The van der Waals surface area contributed by atoms with E-state index in [-0.39, 0.29) is 11.7 Å². The number of nitrogens with one attached hydrogen (secondary N) is 1. The third kappa shape index (κ3) is 4.17. The molecular weight excluding hydrogens is 384 g/mol. The third-order valence-electron chi connectivity index (χ3n) is 2.86. The molecule has 110 valence electrons. The highest BCUT2D eigenvalue weighted by molar-refractivity contribution is 14.1. The number of ether oxygens (including phenoxy) is 1. The number of para-hydroxylation sites is 1. The average molecular weight is 399 g/mol. The summed E-state index contributed by atoms with van der Waals surface area (Å²) >= 11 is 2.15. The van der Waals surface area contributed by atoms with Crippen LogP contribution in [0.2, 0.25) is 0 Å². The summed E-state index contributed by atoms with van der Waals surface area (Å²) in [5.74, 6) is -0.168. The van der Waals surface area contributed by atoms with Gasteiger partial charge in [0.25, 0.3) is 5.91 Å². The smallest absolute Gasteiger partial charge is 0.268 e. The molecule has 0 aromatic heterocycles. The number of carbonyl (C=O) groups excluding carboxylic acids is 1. The lowest BCUT2D eigenvalue weighted by Gasteiger charge is -2.25. The number of hydrogen-bond acceptors (Lipinski definition) is 2. The Kier molecular flexibility index (Phi) is 4.82. The van der Waals surface area contributed by atoms with E-state index < -0.39 is 5.60 Å². The molecule has 0 bridgehead atoms. The number of carbonyl (C=O) groups is 1. The van der Waals surface area contributed by atoms with Crippen LogP contribution in [-0.4, -0.2) is 11.5 Å². The molecule has 0 radical (unpaired) electrons. The van der Waals surface area contributed by atoms with Crippen molar-refractivity contribution < 1.29 is 13.9 Å².